The first-order valence-corrected chi connectivity index (χ1v) is 6.50. The molecule has 100 valence electrons. The summed E-state index contributed by atoms with van der Waals surface area (Å²) in [5.74, 6) is 2.14. The number of hydrogen-bond donors (Lipinski definition) is 1. The average Bonchev–Trinajstić information content (AvgIpc) is 2.40. The molecule has 0 aliphatic carbocycles. The molecule has 0 amide bonds. The highest BCUT2D eigenvalue weighted by molar-refractivity contribution is 6.30. The SMILES string of the molecule is CCOc1cccc(Oc2cc(Cl)ccc2CN)c1. The van der Waals surface area contributed by atoms with E-state index in [0.29, 0.717) is 29.7 Å². The number of rotatable bonds is 5. The summed E-state index contributed by atoms with van der Waals surface area (Å²) in [5, 5.41) is 0.619. The van der Waals surface area contributed by atoms with Crippen LogP contribution in [0.1, 0.15) is 12.5 Å². The molecule has 2 N–H and O–H groups in total. The van der Waals surface area contributed by atoms with Gasteiger partial charge in [0, 0.05) is 23.2 Å². The van der Waals surface area contributed by atoms with E-state index in [2.05, 4.69) is 0 Å². The number of hydrogen-bond acceptors (Lipinski definition) is 3. The zero-order valence-electron chi connectivity index (χ0n) is 10.7. The van der Waals surface area contributed by atoms with Crippen LogP contribution in [0.15, 0.2) is 42.5 Å². The van der Waals surface area contributed by atoms with Crippen molar-refractivity contribution < 1.29 is 9.47 Å². The minimum Gasteiger partial charge on any atom is -0.494 e. The summed E-state index contributed by atoms with van der Waals surface area (Å²) < 4.78 is 11.3. The molecule has 0 bridgehead atoms. The lowest BCUT2D eigenvalue weighted by Crippen LogP contribution is -1.99. The summed E-state index contributed by atoms with van der Waals surface area (Å²) in [6.45, 7) is 2.96. The standard InChI is InChI=1S/C15H16ClNO2/c1-2-18-13-4-3-5-14(9-13)19-15-8-12(16)7-6-11(15)10-17/h3-9H,2,10,17H2,1H3. The third-order valence-corrected chi connectivity index (χ3v) is 2.83. The lowest BCUT2D eigenvalue weighted by Gasteiger charge is -2.11. The van der Waals surface area contributed by atoms with Crippen molar-refractivity contribution in [1.29, 1.82) is 0 Å². The highest BCUT2D eigenvalue weighted by Crippen LogP contribution is 2.30. The van der Waals surface area contributed by atoms with E-state index >= 15 is 0 Å². The Labute approximate surface area is 117 Å². The van der Waals surface area contributed by atoms with Gasteiger partial charge >= 0.3 is 0 Å². The third-order valence-electron chi connectivity index (χ3n) is 2.59. The van der Waals surface area contributed by atoms with E-state index in [0.717, 1.165) is 11.3 Å². The van der Waals surface area contributed by atoms with Gasteiger partial charge in [-0.25, -0.2) is 0 Å². The van der Waals surface area contributed by atoms with Crippen LogP contribution in [0, 0.1) is 0 Å². The predicted octanol–water partition coefficient (Wildman–Crippen LogP) is 3.99. The fourth-order valence-corrected chi connectivity index (χ4v) is 1.88. The molecular weight excluding hydrogens is 262 g/mol. The molecule has 0 radical (unpaired) electrons. The molecule has 0 spiro atoms. The van der Waals surface area contributed by atoms with Crippen molar-refractivity contribution in [3.8, 4) is 17.2 Å². The fourth-order valence-electron chi connectivity index (χ4n) is 1.71. The minimum absolute atomic E-state index is 0.400. The van der Waals surface area contributed by atoms with Gasteiger partial charge in [-0.2, -0.15) is 0 Å². The van der Waals surface area contributed by atoms with Crippen molar-refractivity contribution in [2.45, 2.75) is 13.5 Å². The van der Waals surface area contributed by atoms with Crippen LogP contribution in [0.4, 0.5) is 0 Å². The molecule has 0 atom stereocenters. The molecule has 0 unspecified atom stereocenters. The first-order chi connectivity index (χ1) is 9.22. The Balaban J connectivity index is 2.25. The van der Waals surface area contributed by atoms with Crippen LogP contribution in [-0.4, -0.2) is 6.61 Å². The summed E-state index contributed by atoms with van der Waals surface area (Å²) in [6, 6.07) is 12.9. The largest absolute Gasteiger partial charge is 0.494 e. The van der Waals surface area contributed by atoms with E-state index in [-0.39, 0.29) is 0 Å². The summed E-state index contributed by atoms with van der Waals surface area (Å²) in [6.07, 6.45) is 0. The van der Waals surface area contributed by atoms with Crippen LogP contribution in [-0.2, 0) is 6.54 Å². The van der Waals surface area contributed by atoms with Gasteiger partial charge in [-0.3, -0.25) is 0 Å². The van der Waals surface area contributed by atoms with Crippen molar-refractivity contribution in [2.75, 3.05) is 6.61 Å². The maximum Gasteiger partial charge on any atom is 0.133 e. The lowest BCUT2D eigenvalue weighted by molar-refractivity contribution is 0.338. The van der Waals surface area contributed by atoms with Gasteiger partial charge < -0.3 is 15.2 Å². The Morgan fingerprint density at radius 3 is 2.63 bits per heavy atom. The molecule has 3 nitrogen and oxygen atoms in total. The molecule has 0 aliphatic heterocycles. The van der Waals surface area contributed by atoms with Crippen LogP contribution in [0.25, 0.3) is 0 Å². The molecule has 0 saturated carbocycles. The Bertz CT molecular complexity index is 558. The van der Waals surface area contributed by atoms with Crippen LogP contribution in [0.2, 0.25) is 5.02 Å². The third kappa shape index (κ3) is 3.63. The first-order valence-electron chi connectivity index (χ1n) is 6.12. The zero-order chi connectivity index (χ0) is 13.7. The van der Waals surface area contributed by atoms with E-state index in [1.807, 2.05) is 37.3 Å². The molecule has 2 rings (SSSR count). The number of benzene rings is 2. The van der Waals surface area contributed by atoms with E-state index in [1.54, 1.807) is 12.1 Å². The molecule has 0 heterocycles. The minimum atomic E-state index is 0.400. The van der Waals surface area contributed by atoms with Gasteiger partial charge in [-0.1, -0.05) is 23.7 Å². The van der Waals surface area contributed by atoms with Crippen molar-refractivity contribution in [3.05, 3.63) is 53.1 Å². The lowest BCUT2D eigenvalue weighted by atomic mass is 10.2. The van der Waals surface area contributed by atoms with Gasteiger partial charge in [0.2, 0.25) is 0 Å². The molecule has 0 saturated heterocycles. The molecule has 4 heteroatoms. The molecule has 2 aromatic rings. The first kappa shape index (κ1) is 13.7. The number of ether oxygens (including phenoxy) is 2. The predicted molar refractivity (Wildman–Crippen MR) is 77.0 cm³/mol. The van der Waals surface area contributed by atoms with Crippen molar-refractivity contribution in [3.63, 3.8) is 0 Å². The highest BCUT2D eigenvalue weighted by atomic mass is 35.5. The van der Waals surface area contributed by atoms with Gasteiger partial charge in [0.1, 0.15) is 17.2 Å². The molecule has 0 fully saturated rings. The zero-order valence-corrected chi connectivity index (χ0v) is 11.5. The monoisotopic (exact) mass is 277 g/mol. The topological polar surface area (TPSA) is 44.5 Å². The number of halogens is 1. The second kappa shape index (κ2) is 6.45. The summed E-state index contributed by atoms with van der Waals surface area (Å²) >= 11 is 5.98. The van der Waals surface area contributed by atoms with Crippen LogP contribution in [0.3, 0.4) is 0 Å². The van der Waals surface area contributed by atoms with Gasteiger partial charge in [-0.15, -0.1) is 0 Å². The fraction of sp³-hybridized carbons (Fsp3) is 0.200. The Morgan fingerprint density at radius 1 is 1.11 bits per heavy atom. The van der Waals surface area contributed by atoms with Crippen molar-refractivity contribution >= 4 is 11.6 Å². The quantitative estimate of drug-likeness (QED) is 0.899. The summed E-state index contributed by atoms with van der Waals surface area (Å²) in [5.41, 5.74) is 6.59. The van der Waals surface area contributed by atoms with E-state index < -0.39 is 0 Å². The van der Waals surface area contributed by atoms with E-state index in [1.165, 1.54) is 0 Å². The Hall–Kier alpha value is -1.71. The Kier molecular flexibility index (Phi) is 4.66. The van der Waals surface area contributed by atoms with Gasteiger partial charge in [-0.05, 0) is 31.2 Å². The maximum absolute atomic E-state index is 5.98. The van der Waals surface area contributed by atoms with Crippen LogP contribution in [0.5, 0.6) is 17.2 Å². The van der Waals surface area contributed by atoms with Gasteiger partial charge in [0.05, 0.1) is 6.61 Å². The maximum atomic E-state index is 5.98. The molecular formula is C15H16ClNO2. The van der Waals surface area contributed by atoms with Gasteiger partial charge in [0.15, 0.2) is 0 Å². The Morgan fingerprint density at radius 2 is 1.89 bits per heavy atom. The molecule has 19 heavy (non-hydrogen) atoms. The second-order valence-corrected chi connectivity index (χ2v) is 4.40. The normalized spacial score (nSPS) is 10.3. The van der Waals surface area contributed by atoms with E-state index in [9.17, 15) is 0 Å². The summed E-state index contributed by atoms with van der Waals surface area (Å²) in [7, 11) is 0. The highest BCUT2D eigenvalue weighted by Gasteiger charge is 2.05. The van der Waals surface area contributed by atoms with E-state index in [4.69, 9.17) is 26.8 Å². The van der Waals surface area contributed by atoms with Crippen molar-refractivity contribution in [2.24, 2.45) is 5.73 Å². The second-order valence-electron chi connectivity index (χ2n) is 3.97. The number of nitrogens with two attached hydrogens (primary N) is 1. The van der Waals surface area contributed by atoms with Crippen molar-refractivity contribution in [1.82, 2.24) is 0 Å². The van der Waals surface area contributed by atoms with Crippen LogP contribution >= 0.6 is 11.6 Å². The van der Waals surface area contributed by atoms with Crippen LogP contribution < -0.4 is 15.2 Å². The van der Waals surface area contributed by atoms with Gasteiger partial charge in [0.25, 0.3) is 0 Å². The molecule has 0 aliphatic rings. The average molecular weight is 278 g/mol. The molecule has 2 aromatic carbocycles. The molecule has 0 aromatic heterocycles. The smallest absolute Gasteiger partial charge is 0.133 e. The summed E-state index contributed by atoms with van der Waals surface area (Å²) in [4.78, 5) is 0.